The van der Waals surface area contributed by atoms with Crippen molar-refractivity contribution in [1.82, 2.24) is 4.57 Å². The lowest BCUT2D eigenvalue weighted by molar-refractivity contribution is -0.140. The predicted octanol–water partition coefficient (Wildman–Crippen LogP) is 12.0. The minimum atomic E-state index is -3.73. The van der Waals surface area contributed by atoms with Gasteiger partial charge in [0.1, 0.15) is 11.5 Å². The van der Waals surface area contributed by atoms with Crippen LogP contribution in [0.2, 0.25) is 0 Å². The highest BCUT2D eigenvalue weighted by Gasteiger charge is 2.38. The van der Waals surface area contributed by atoms with E-state index in [1.165, 1.54) is 13.0 Å². The molecule has 0 radical (unpaired) electrons. The molecule has 0 amide bonds. The fraction of sp³-hybridized carbons (Fsp3) is 0.340. The Morgan fingerprint density at radius 2 is 1.52 bits per heavy atom. The third kappa shape index (κ3) is 8.08. The molecule has 5 aromatic carbocycles. The minimum absolute atomic E-state index is 0.0191. The number of nitrogens with zero attached hydrogens (tertiary/aromatic N) is 2. The van der Waals surface area contributed by atoms with Crippen LogP contribution in [0.5, 0.6) is 5.75 Å². The zero-order chi connectivity index (χ0) is 40.3. The molecule has 0 aliphatic carbocycles. The molecule has 0 fully saturated rings. The van der Waals surface area contributed by atoms with E-state index in [0.29, 0.717) is 22.6 Å². The fourth-order valence-electron chi connectivity index (χ4n) is 7.78. The van der Waals surface area contributed by atoms with E-state index in [9.17, 15) is 22.8 Å². The SMILES string of the molecule is CCCCC(CC)Cn1c2ccc(/C(=N\OC(C)=O)c3ccccc3OCC(F)(F)C(C)F)cc2c2cc(C(=O)c3c(C)cc(C)cc3C)c3ccccc3c21. The largest absolute Gasteiger partial charge is 0.486 e. The van der Waals surface area contributed by atoms with Crippen LogP contribution in [0, 0.1) is 26.7 Å². The zero-order valence-corrected chi connectivity index (χ0v) is 33.1. The van der Waals surface area contributed by atoms with Gasteiger partial charge in [-0.05, 0) is 86.9 Å². The number of fused-ring (bicyclic) bond motifs is 5. The summed E-state index contributed by atoms with van der Waals surface area (Å²) in [5.41, 5.74) is 7.07. The maximum Gasteiger partial charge on any atom is 0.332 e. The number of aromatic nitrogens is 1. The summed E-state index contributed by atoms with van der Waals surface area (Å²) in [6, 6.07) is 26.3. The van der Waals surface area contributed by atoms with Crippen molar-refractivity contribution in [3.63, 3.8) is 0 Å². The average molecular weight is 763 g/mol. The van der Waals surface area contributed by atoms with Crippen LogP contribution in [0.4, 0.5) is 13.2 Å². The smallest absolute Gasteiger partial charge is 0.332 e. The predicted molar refractivity (Wildman–Crippen MR) is 219 cm³/mol. The molecule has 0 saturated carbocycles. The maximum absolute atomic E-state index is 14.7. The highest BCUT2D eigenvalue weighted by atomic mass is 19.3. The van der Waals surface area contributed by atoms with E-state index in [2.05, 4.69) is 29.6 Å². The van der Waals surface area contributed by atoms with Crippen molar-refractivity contribution in [3.8, 4) is 5.75 Å². The molecule has 0 aliphatic heterocycles. The van der Waals surface area contributed by atoms with Gasteiger partial charge in [-0.2, -0.15) is 8.78 Å². The first-order valence-corrected chi connectivity index (χ1v) is 19.4. The van der Waals surface area contributed by atoms with Crippen molar-refractivity contribution in [2.24, 2.45) is 11.1 Å². The van der Waals surface area contributed by atoms with Gasteiger partial charge in [-0.1, -0.05) is 98.4 Å². The molecular formula is C47H49F3N2O4. The Balaban J connectivity index is 1.63. The van der Waals surface area contributed by atoms with Crippen molar-refractivity contribution in [2.45, 2.75) is 92.8 Å². The maximum atomic E-state index is 14.7. The van der Waals surface area contributed by atoms with Gasteiger partial charge < -0.3 is 14.1 Å². The third-order valence-electron chi connectivity index (χ3n) is 10.7. The monoisotopic (exact) mass is 762 g/mol. The van der Waals surface area contributed by atoms with E-state index in [0.717, 1.165) is 88.4 Å². The molecule has 6 rings (SSSR count). The highest BCUT2D eigenvalue weighted by Crippen LogP contribution is 2.40. The van der Waals surface area contributed by atoms with Gasteiger partial charge in [0.05, 0.1) is 5.52 Å². The van der Waals surface area contributed by atoms with Gasteiger partial charge >= 0.3 is 11.9 Å². The van der Waals surface area contributed by atoms with Crippen molar-refractivity contribution in [3.05, 3.63) is 124 Å². The van der Waals surface area contributed by atoms with E-state index in [4.69, 9.17) is 9.57 Å². The number of hydrogen-bond acceptors (Lipinski definition) is 5. The number of alkyl halides is 3. The lowest BCUT2D eigenvalue weighted by Gasteiger charge is -2.20. The molecule has 6 aromatic rings. The highest BCUT2D eigenvalue weighted by molar-refractivity contribution is 6.27. The molecular weight excluding hydrogens is 714 g/mol. The van der Waals surface area contributed by atoms with Crippen LogP contribution in [0.3, 0.4) is 0 Å². The van der Waals surface area contributed by atoms with Gasteiger partial charge in [0, 0.05) is 57.4 Å². The Morgan fingerprint density at radius 1 is 0.839 bits per heavy atom. The van der Waals surface area contributed by atoms with Crippen molar-refractivity contribution < 1.29 is 32.3 Å². The fourth-order valence-corrected chi connectivity index (χ4v) is 7.78. The number of rotatable bonds is 15. The number of unbranched alkanes of at least 4 members (excludes halogenated alkanes) is 1. The number of hydrogen-bond donors (Lipinski definition) is 0. The molecule has 0 aliphatic rings. The van der Waals surface area contributed by atoms with Crippen LogP contribution < -0.4 is 4.74 Å². The molecule has 292 valence electrons. The Morgan fingerprint density at radius 3 is 2.18 bits per heavy atom. The number of aryl methyl sites for hydroxylation is 3. The second kappa shape index (κ2) is 16.7. The first kappa shape index (κ1) is 40.2. The molecule has 0 saturated heterocycles. The van der Waals surface area contributed by atoms with Crippen molar-refractivity contribution in [2.75, 3.05) is 6.61 Å². The molecule has 1 heterocycles. The second-order valence-electron chi connectivity index (χ2n) is 14.9. The van der Waals surface area contributed by atoms with Gasteiger partial charge in [0.15, 0.2) is 18.6 Å². The third-order valence-corrected chi connectivity index (χ3v) is 10.7. The van der Waals surface area contributed by atoms with Crippen LogP contribution in [-0.2, 0) is 16.2 Å². The zero-order valence-electron chi connectivity index (χ0n) is 33.1. The average Bonchev–Trinajstić information content (AvgIpc) is 3.47. The Kier molecular flexibility index (Phi) is 12.0. The van der Waals surface area contributed by atoms with E-state index in [-0.39, 0.29) is 22.8 Å². The summed E-state index contributed by atoms with van der Waals surface area (Å²) >= 11 is 0. The lowest BCUT2D eigenvalue weighted by Crippen LogP contribution is -2.34. The lowest BCUT2D eigenvalue weighted by atomic mass is 9.89. The molecule has 56 heavy (non-hydrogen) atoms. The van der Waals surface area contributed by atoms with Crippen LogP contribution in [-0.4, -0.2) is 40.7 Å². The molecule has 6 nitrogen and oxygen atoms in total. The summed E-state index contributed by atoms with van der Waals surface area (Å²) in [6.45, 7) is 11.9. The second-order valence-corrected chi connectivity index (χ2v) is 14.9. The summed E-state index contributed by atoms with van der Waals surface area (Å²) in [4.78, 5) is 32.0. The van der Waals surface area contributed by atoms with Gasteiger partial charge in [-0.25, -0.2) is 9.18 Å². The number of ketones is 1. The summed E-state index contributed by atoms with van der Waals surface area (Å²) in [7, 11) is 0. The Labute approximate surface area is 326 Å². The normalized spacial score (nSPS) is 13.4. The van der Waals surface area contributed by atoms with Gasteiger partial charge in [0.25, 0.3) is 0 Å². The van der Waals surface area contributed by atoms with E-state index in [1.54, 1.807) is 18.2 Å². The number of halogens is 3. The van der Waals surface area contributed by atoms with Crippen LogP contribution in [0.15, 0.2) is 90.1 Å². The number of para-hydroxylation sites is 1. The van der Waals surface area contributed by atoms with Crippen LogP contribution >= 0.6 is 0 Å². The summed E-state index contributed by atoms with van der Waals surface area (Å²) in [5.74, 6) is -4.05. The number of benzene rings is 5. The summed E-state index contributed by atoms with van der Waals surface area (Å²) in [6.07, 6.45) is 1.85. The van der Waals surface area contributed by atoms with Crippen LogP contribution in [0.1, 0.15) is 97.1 Å². The summed E-state index contributed by atoms with van der Waals surface area (Å²) in [5, 5.41) is 7.74. The van der Waals surface area contributed by atoms with E-state index >= 15 is 0 Å². The number of oxime groups is 1. The molecule has 0 N–H and O–H groups in total. The first-order valence-electron chi connectivity index (χ1n) is 19.4. The standard InChI is InChI=1S/C47H49F3N2O4/c1-8-10-15-33(9-2)26-52-41-21-20-34(44(51-56-32(7)53)37-18-13-14-19-42(37)55-27-47(49,50)31(6)48)24-38(41)39-25-40(35-16-11-12-17-36(35)45(39)52)46(54)43-29(4)22-28(3)23-30(43)5/h11-14,16-25,31,33H,8-10,15,26-27H2,1-7H3/b51-44+. The molecule has 2 atom stereocenters. The quantitative estimate of drug-likeness (QED) is 0.0452. The number of carbonyl (C=O) groups is 2. The van der Waals surface area contributed by atoms with Gasteiger partial charge in [-0.15, -0.1) is 0 Å². The summed E-state index contributed by atoms with van der Waals surface area (Å²) < 4.78 is 50.4. The molecule has 9 heteroatoms. The Hall–Kier alpha value is -5.44. The topological polar surface area (TPSA) is 69.9 Å². The molecule has 1 aromatic heterocycles. The van der Waals surface area contributed by atoms with Crippen LogP contribution in [0.25, 0.3) is 32.6 Å². The molecule has 0 bridgehead atoms. The minimum Gasteiger partial charge on any atom is -0.486 e. The van der Waals surface area contributed by atoms with Gasteiger partial charge in [0.2, 0.25) is 0 Å². The first-order chi connectivity index (χ1) is 26.7. The van der Waals surface area contributed by atoms with Gasteiger partial charge in [-0.3, -0.25) is 4.79 Å². The van der Waals surface area contributed by atoms with Crippen molar-refractivity contribution >= 4 is 50.0 Å². The molecule has 0 spiro atoms. The van der Waals surface area contributed by atoms with E-state index in [1.807, 2.05) is 75.4 Å². The number of ether oxygens (including phenoxy) is 1. The number of carbonyl (C=O) groups excluding carboxylic acids is 2. The van der Waals surface area contributed by atoms with E-state index < -0.39 is 24.7 Å². The van der Waals surface area contributed by atoms with Crippen molar-refractivity contribution in [1.29, 1.82) is 0 Å². The molecule has 2 unspecified atom stereocenters. The Bertz CT molecular complexity index is 2440.